The molecule has 0 aromatic carbocycles. The van der Waals surface area contributed by atoms with Crippen LogP contribution in [0, 0.1) is 5.92 Å². The summed E-state index contributed by atoms with van der Waals surface area (Å²) < 4.78 is 0. The summed E-state index contributed by atoms with van der Waals surface area (Å²) in [6, 6.07) is -0.347. The van der Waals surface area contributed by atoms with E-state index in [0.29, 0.717) is 19.0 Å². The second kappa shape index (κ2) is 7.04. The maximum absolute atomic E-state index is 12.1. The number of carboxylic acids is 1. The Labute approximate surface area is 119 Å². The highest BCUT2D eigenvalue weighted by Crippen LogP contribution is 2.23. The SMILES string of the molecule is CC1CCCCC1NC(=O)CN1CCNCC1C(=O)O. The number of piperazine rings is 1. The molecule has 1 heterocycles. The van der Waals surface area contributed by atoms with Gasteiger partial charge in [0.25, 0.3) is 0 Å². The predicted octanol–water partition coefficient (Wildman–Crippen LogP) is 0.0397. The van der Waals surface area contributed by atoms with Gasteiger partial charge >= 0.3 is 5.97 Å². The Morgan fingerprint density at radius 1 is 1.35 bits per heavy atom. The lowest BCUT2D eigenvalue weighted by Gasteiger charge is -2.34. The van der Waals surface area contributed by atoms with E-state index >= 15 is 0 Å². The summed E-state index contributed by atoms with van der Waals surface area (Å²) in [5, 5.41) is 15.3. The van der Waals surface area contributed by atoms with Crippen LogP contribution in [0.15, 0.2) is 0 Å². The second-order valence-electron chi connectivity index (χ2n) is 5.96. The minimum Gasteiger partial charge on any atom is -0.480 e. The Hall–Kier alpha value is -1.14. The van der Waals surface area contributed by atoms with Crippen LogP contribution in [0.1, 0.15) is 32.6 Å². The summed E-state index contributed by atoms with van der Waals surface area (Å²) >= 11 is 0. The van der Waals surface area contributed by atoms with Gasteiger partial charge in [-0.05, 0) is 18.8 Å². The zero-order valence-electron chi connectivity index (χ0n) is 12.1. The molecule has 20 heavy (non-hydrogen) atoms. The standard InChI is InChI=1S/C14H25N3O3/c1-10-4-2-3-5-11(10)16-13(18)9-17-7-6-15-8-12(17)14(19)20/h10-12,15H,2-9H2,1H3,(H,16,18)(H,19,20). The van der Waals surface area contributed by atoms with E-state index in [2.05, 4.69) is 17.6 Å². The zero-order valence-corrected chi connectivity index (χ0v) is 12.1. The van der Waals surface area contributed by atoms with E-state index in [0.717, 1.165) is 19.4 Å². The number of rotatable bonds is 4. The number of hydrogen-bond acceptors (Lipinski definition) is 4. The quantitative estimate of drug-likeness (QED) is 0.679. The highest BCUT2D eigenvalue weighted by Gasteiger charge is 2.30. The number of aliphatic carboxylic acids is 1. The van der Waals surface area contributed by atoms with Crippen molar-refractivity contribution in [2.45, 2.75) is 44.7 Å². The van der Waals surface area contributed by atoms with E-state index in [1.807, 2.05) is 0 Å². The highest BCUT2D eigenvalue weighted by atomic mass is 16.4. The van der Waals surface area contributed by atoms with Crippen LogP contribution >= 0.6 is 0 Å². The van der Waals surface area contributed by atoms with E-state index in [4.69, 9.17) is 0 Å². The van der Waals surface area contributed by atoms with Crippen molar-refractivity contribution in [2.75, 3.05) is 26.2 Å². The van der Waals surface area contributed by atoms with E-state index in [1.165, 1.54) is 12.8 Å². The molecule has 2 rings (SSSR count). The van der Waals surface area contributed by atoms with Gasteiger partial charge < -0.3 is 15.7 Å². The Bertz CT molecular complexity index is 362. The number of carbonyl (C=O) groups is 2. The molecule has 1 saturated carbocycles. The summed E-state index contributed by atoms with van der Waals surface area (Å²) in [4.78, 5) is 25.1. The van der Waals surface area contributed by atoms with Crippen LogP contribution in [0.5, 0.6) is 0 Å². The molecule has 1 saturated heterocycles. The van der Waals surface area contributed by atoms with Crippen molar-refractivity contribution in [3.63, 3.8) is 0 Å². The molecule has 2 fully saturated rings. The normalized spacial score (nSPS) is 31.8. The van der Waals surface area contributed by atoms with Crippen LogP contribution in [0.3, 0.4) is 0 Å². The van der Waals surface area contributed by atoms with Crippen LogP contribution in [-0.4, -0.2) is 60.1 Å². The molecule has 1 amide bonds. The molecular formula is C14H25N3O3. The van der Waals surface area contributed by atoms with Crippen LogP contribution in [-0.2, 0) is 9.59 Å². The van der Waals surface area contributed by atoms with Crippen LogP contribution < -0.4 is 10.6 Å². The number of nitrogens with zero attached hydrogens (tertiary/aromatic N) is 1. The van der Waals surface area contributed by atoms with Gasteiger partial charge in [0.1, 0.15) is 6.04 Å². The number of hydrogen-bond donors (Lipinski definition) is 3. The van der Waals surface area contributed by atoms with E-state index < -0.39 is 12.0 Å². The smallest absolute Gasteiger partial charge is 0.322 e. The molecule has 6 heteroatoms. The van der Waals surface area contributed by atoms with Gasteiger partial charge in [-0.2, -0.15) is 0 Å². The van der Waals surface area contributed by atoms with Gasteiger partial charge in [0, 0.05) is 25.7 Å². The number of carbonyl (C=O) groups excluding carboxylic acids is 1. The average Bonchev–Trinajstić information content (AvgIpc) is 2.41. The molecule has 3 N–H and O–H groups in total. The fraction of sp³-hybridized carbons (Fsp3) is 0.857. The lowest BCUT2D eigenvalue weighted by Crippen LogP contribution is -2.57. The predicted molar refractivity (Wildman–Crippen MR) is 75.4 cm³/mol. The molecule has 0 bridgehead atoms. The average molecular weight is 283 g/mol. The zero-order chi connectivity index (χ0) is 14.5. The Balaban J connectivity index is 1.84. The molecule has 6 nitrogen and oxygen atoms in total. The molecule has 1 aliphatic heterocycles. The van der Waals surface area contributed by atoms with Gasteiger partial charge in [0.2, 0.25) is 5.91 Å². The van der Waals surface area contributed by atoms with Crippen molar-refractivity contribution in [1.29, 1.82) is 0 Å². The largest absolute Gasteiger partial charge is 0.480 e. The number of nitrogens with one attached hydrogen (secondary N) is 2. The molecule has 1 aliphatic carbocycles. The van der Waals surface area contributed by atoms with Gasteiger partial charge in [-0.25, -0.2) is 0 Å². The van der Waals surface area contributed by atoms with Crippen molar-refractivity contribution in [1.82, 2.24) is 15.5 Å². The highest BCUT2D eigenvalue weighted by molar-refractivity contribution is 5.80. The van der Waals surface area contributed by atoms with Gasteiger partial charge in [-0.15, -0.1) is 0 Å². The Morgan fingerprint density at radius 3 is 2.80 bits per heavy atom. The van der Waals surface area contributed by atoms with Crippen LogP contribution in [0.4, 0.5) is 0 Å². The molecular weight excluding hydrogens is 258 g/mol. The number of amides is 1. The molecule has 2 aliphatic rings. The topological polar surface area (TPSA) is 81.7 Å². The van der Waals surface area contributed by atoms with Crippen molar-refractivity contribution < 1.29 is 14.7 Å². The Morgan fingerprint density at radius 2 is 2.10 bits per heavy atom. The monoisotopic (exact) mass is 283 g/mol. The van der Waals surface area contributed by atoms with Gasteiger partial charge in [-0.1, -0.05) is 19.8 Å². The molecule has 0 spiro atoms. The maximum atomic E-state index is 12.1. The Kier molecular flexibility index (Phi) is 5.37. The fourth-order valence-corrected chi connectivity index (χ4v) is 3.15. The number of carboxylic acid groups (broad SMARTS) is 1. The summed E-state index contributed by atoms with van der Waals surface area (Å²) in [6.45, 7) is 4.10. The first kappa shape index (κ1) is 15.3. The first-order valence-corrected chi connectivity index (χ1v) is 7.55. The fourth-order valence-electron chi connectivity index (χ4n) is 3.15. The summed E-state index contributed by atoms with van der Waals surface area (Å²) in [7, 11) is 0. The van der Waals surface area contributed by atoms with E-state index in [1.54, 1.807) is 4.90 Å². The first-order valence-electron chi connectivity index (χ1n) is 7.55. The minimum absolute atomic E-state index is 0.0445. The lowest BCUT2D eigenvalue weighted by molar-refractivity contribution is -0.144. The van der Waals surface area contributed by atoms with Crippen LogP contribution in [0.25, 0.3) is 0 Å². The first-order chi connectivity index (χ1) is 9.58. The molecule has 3 unspecified atom stereocenters. The van der Waals surface area contributed by atoms with Gasteiger partial charge in [0.05, 0.1) is 6.54 Å². The molecule has 0 radical (unpaired) electrons. The third-order valence-corrected chi connectivity index (χ3v) is 4.44. The minimum atomic E-state index is -0.865. The van der Waals surface area contributed by atoms with E-state index in [9.17, 15) is 14.7 Å². The second-order valence-corrected chi connectivity index (χ2v) is 5.96. The van der Waals surface area contributed by atoms with E-state index in [-0.39, 0.29) is 18.5 Å². The lowest BCUT2D eigenvalue weighted by atomic mass is 9.86. The molecule has 3 atom stereocenters. The van der Waals surface area contributed by atoms with Crippen LogP contribution in [0.2, 0.25) is 0 Å². The van der Waals surface area contributed by atoms with Crippen molar-refractivity contribution >= 4 is 11.9 Å². The van der Waals surface area contributed by atoms with Crippen molar-refractivity contribution in [3.05, 3.63) is 0 Å². The van der Waals surface area contributed by atoms with Crippen molar-refractivity contribution in [3.8, 4) is 0 Å². The summed E-state index contributed by atoms with van der Waals surface area (Å²) in [5.74, 6) is -0.390. The van der Waals surface area contributed by atoms with Crippen molar-refractivity contribution in [2.24, 2.45) is 5.92 Å². The molecule has 0 aromatic heterocycles. The van der Waals surface area contributed by atoms with Gasteiger partial charge in [0.15, 0.2) is 0 Å². The molecule has 114 valence electrons. The van der Waals surface area contributed by atoms with Gasteiger partial charge in [-0.3, -0.25) is 14.5 Å². The third-order valence-electron chi connectivity index (χ3n) is 4.44. The maximum Gasteiger partial charge on any atom is 0.322 e. The summed E-state index contributed by atoms with van der Waals surface area (Å²) in [6.07, 6.45) is 4.61. The third kappa shape index (κ3) is 3.93. The summed E-state index contributed by atoms with van der Waals surface area (Å²) in [5.41, 5.74) is 0. The molecule has 0 aromatic rings.